The van der Waals surface area contributed by atoms with Crippen molar-refractivity contribution in [1.29, 1.82) is 0 Å². The van der Waals surface area contributed by atoms with Crippen LogP contribution < -0.4 is 0 Å². The second-order valence-electron chi connectivity index (χ2n) is 16.0. The minimum Gasteiger partial charge on any atom is -0.262 e. The molecule has 2 aliphatic rings. The van der Waals surface area contributed by atoms with Crippen molar-refractivity contribution >= 4 is 60.7 Å². The highest BCUT2D eigenvalue weighted by atomic mass is 15.0. The maximum Gasteiger partial charge on any atom is 0.155 e. The molecule has 2 heterocycles. The zero-order valence-electron chi connectivity index (χ0n) is 33.1. The summed E-state index contributed by atoms with van der Waals surface area (Å²) in [4.78, 5) is 15.6. The zero-order valence-corrected chi connectivity index (χ0v) is 33.1. The molecule has 0 saturated carbocycles. The second kappa shape index (κ2) is 15.8. The van der Waals surface area contributed by atoms with Crippen molar-refractivity contribution in [3.05, 3.63) is 192 Å². The van der Waals surface area contributed by atoms with Crippen molar-refractivity contribution in [1.82, 2.24) is 4.98 Å². The first kappa shape index (κ1) is 35.9. The molecule has 8 aromatic rings. The van der Waals surface area contributed by atoms with Crippen LogP contribution in [0.3, 0.4) is 0 Å². The third kappa shape index (κ3) is 6.96. The Hall–Kier alpha value is -6.45. The summed E-state index contributed by atoms with van der Waals surface area (Å²) in [5.74, 6) is 1.12. The molecule has 0 amide bonds. The van der Waals surface area contributed by atoms with Gasteiger partial charge in [0, 0.05) is 40.9 Å². The van der Waals surface area contributed by atoms with Crippen molar-refractivity contribution in [3.63, 3.8) is 0 Å². The molecule has 1 aliphatic heterocycles. The third-order valence-electron chi connectivity index (χ3n) is 12.2. The van der Waals surface area contributed by atoms with Crippen molar-refractivity contribution in [3.8, 4) is 11.1 Å². The maximum atomic E-state index is 5.41. The maximum absolute atomic E-state index is 5.41. The van der Waals surface area contributed by atoms with Crippen LogP contribution in [-0.2, 0) is 6.42 Å². The number of aromatic nitrogens is 1. The molecule has 0 N–H and O–H groups in total. The number of allylic oxidation sites excluding steroid dienone is 2. The number of benzene rings is 7. The van der Waals surface area contributed by atoms with Gasteiger partial charge in [-0.15, -0.1) is 0 Å². The van der Waals surface area contributed by atoms with Gasteiger partial charge in [-0.1, -0.05) is 165 Å². The van der Waals surface area contributed by atoms with E-state index in [1.807, 2.05) is 6.20 Å². The highest BCUT2D eigenvalue weighted by molar-refractivity contribution is 6.22. The lowest BCUT2D eigenvalue weighted by molar-refractivity contribution is 0.659. The Kier molecular flexibility index (Phi) is 9.80. The van der Waals surface area contributed by atoms with Gasteiger partial charge in [0.05, 0.1) is 11.8 Å². The molecular weight excluding hydrogens is 703 g/mol. The van der Waals surface area contributed by atoms with E-state index in [1.54, 1.807) is 0 Å². The van der Waals surface area contributed by atoms with Crippen LogP contribution >= 0.6 is 0 Å². The first-order valence-corrected chi connectivity index (χ1v) is 21.1. The number of hydrogen-bond acceptors (Lipinski definition) is 3. The molecule has 10 rings (SSSR count). The summed E-state index contributed by atoms with van der Waals surface area (Å²) in [7, 11) is 0. The molecule has 282 valence electrons. The van der Waals surface area contributed by atoms with Crippen LogP contribution in [-0.4, -0.2) is 22.6 Å². The van der Waals surface area contributed by atoms with Crippen LogP contribution in [0.1, 0.15) is 79.3 Å². The summed E-state index contributed by atoms with van der Waals surface area (Å²) in [6.45, 7) is 2.29. The summed E-state index contributed by atoms with van der Waals surface area (Å²) in [6.07, 6.45) is 18.5. The quantitative estimate of drug-likeness (QED) is 0.101. The largest absolute Gasteiger partial charge is 0.262 e. The molecule has 1 aliphatic carbocycles. The van der Waals surface area contributed by atoms with E-state index in [9.17, 15) is 0 Å². The number of aryl methyl sites for hydroxylation is 1. The minimum atomic E-state index is 0.0560. The van der Waals surface area contributed by atoms with Crippen LogP contribution in [0.15, 0.2) is 174 Å². The van der Waals surface area contributed by atoms with E-state index in [4.69, 9.17) is 15.0 Å². The average Bonchev–Trinajstić information content (AvgIpc) is 3.29. The number of rotatable bonds is 10. The predicted molar refractivity (Wildman–Crippen MR) is 247 cm³/mol. The van der Waals surface area contributed by atoms with Gasteiger partial charge in [0.25, 0.3) is 0 Å². The predicted octanol–water partition coefficient (Wildman–Crippen LogP) is 14.2. The molecule has 7 aromatic carbocycles. The fraction of sp³-hybridized carbons (Fsp3) is 0.182. The number of amidine groups is 1. The molecule has 3 heteroatoms. The van der Waals surface area contributed by atoms with E-state index in [-0.39, 0.29) is 6.04 Å². The first-order chi connectivity index (χ1) is 28.7. The van der Waals surface area contributed by atoms with Crippen molar-refractivity contribution < 1.29 is 0 Å². The lowest BCUT2D eigenvalue weighted by Gasteiger charge is -2.22. The number of aliphatic imine (C=N–C) groups is 2. The van der Waals surface area contributed by atoms with E-state index in [0.29, 0.717) is 5.92 Å². The van der Waals surface area contributed by atoms with E-state index in [0.717, 1.165) is 60.3 Å². The normalized spacial score (nSPS) is 15.9. The Balaban J connectivity index is 1.02. The smallest absolute Gasteiger partial charge is 0.155 e. The lowest BCUT2D eigenvalue weighted by Crippen LogP contribution is -2.22. The molecule has 1 aromatic heterocycles. The summed E-state index contributed by atoms with van der Waals surface area (Å²) >= 11 is 0. The van der Waals surface area contributed by atoms with Gasteiger partial charge in [-0.2, -0.15) is 0 Å². The Morgan fingerprint density at radius 1 is 0.672 bits per heavy atom. The van der Waals surface area contributed by atoms with Crippen LogP contribution in [0.2, 0.25) is 0 Å². The van der Waals surface area contributed by atoms with Gasteiger partial charge in [0.2, 0.25) is 0 Å². The number of hydrogen-bond donors (Lipinski definition) is 0. The monoisotopic (exact) mass is 749 g/mol. The van der Waals surface area contributed by atoms with Gasteiger partial charge < -0.3 is 0 Å². The molecule has 2 atom stereocenters. The zero-order chi connectivity index (χ0) is 38.8. The van der Waals surface area contributed by atoms with Crippen LogP contribution in [0, 0.1) is 0 Å². The van der Waals surface area contributed by atoms with Gasteiger partial charge >= 0.3 is 0 Å². The van der Waals surface area contributed by atoms with Crippen LogP contribution in [0.4, 0.5) is 0 Å². The van der Waals surface area contributed by atoms with Crippen molar-refractivity contribution in [2.75, 3.05) is 0 Å². The summed E-state index contributed by atoms with van der Waals surface area (Å²) in [6, 6.07) is 51.2. The second-order valence-corrected chi connectivity index (χ2v) is 16.0. The van der Waals surface area contributed by atoms with Gasteiger partial charge in [-0.3, -0.25) is 9.98 Å². The molecule has 0 saturated heterocycles. The van der Waals surface area contributed by atoms with Gasteiger partial charge in [0.15, 0.2) is 5.84 Å². The third-order valence-corrected chi connectivity index (χ3v) is 12.2. The van der Waals surface area contributed by atoms with Gasteiger partial charge in [-0.05, 0) is 104 Å². The van der Waals surface area contributed by atoms with Crippen molar-refractivity contribution in [2.45, 2.75) is 63.8 Å². The average molecular weight is 750 g/mol. The van der Waals surface area contributed by atoms with E-state index < -0.39 is 0 Å². The van der Waals surface area contributed by atoms with Crippen LogP contribution in [0.5, 0.6) is 0 Å². The van der Waals surface area contributed by atoms with Crippen molar-refractivity contribution in [2.24, 2.45) is 9.98 Å². The molecule has 1 unspecified atom stereocenters. The summed E-state index contributed by atoms with van der Waals surface area (Å²) < 4.78 is 0. The topological polar surface area (TPSA) is 37.6 Å². The minimum absolute atomic E-state index is 0.0560. The number of pyridine rings is 1. The Morgan fingerprint density at radius 2 is 1.33 bits per heavy atom. The van der Waals surface area contributed by atoms with E-state index in [2.05, 4.69) is 171 Å². The molecule has 3 nitrogen and oxygen atoms in total. The summed E-state index contributed by atoms with van der Waals surface area (Å²) in [5.41, 5.74) is 9.45. The standard InChI is InChI=1S/C55H47N3/c1-2-3-15-38(51-33-40-16-4-7-21-45(40)47-23-9-11-25-49(47)51)19-14-20-44-35-54(52-34-41-17-5-8-22-46(41)48-24-10-12-26-50(48)52)58-55(57-44)39-30-28-37(29-31-39)43-32-42-18-6-13-27-53(42)56-36-43/h4-12,14,16-19,21-26,28-34,36,38,44H,2-3,13,15,20,27,35H2,1H3/b19-14-/t38?,44-/m0/s1. The van der Waals surface area contributed by atoms with E-state index in [1.165, 1.54) is 78.3 Å². The number of unbranched alkanes of at least 4 members (excludes halogenated alkanes) is 1. The van der Waals surface area contributed by atoms with E-state index >= 15 is 0 Å². The lowest BCUT2D eigenvalue weighted by atomic mass is 9.86. The Bertz CT molecular complexity index is 2950. The fourth-order valence-electron chi connectivity index (χ4n) is 9.21. The van der Waals surface area contributed by atoms with Gasteiger partial charge in [-0.25, -0.2) is 4.99 Å². The molecule has 0 fully saturated rings. The molecule has 0 radical (unpaired) electrons. The Morgan fingerprint density at radius 3 is 2.09 bits per heavy atom. The SMILES string of the molecule is CCCCC(/C=C\C[C@H]1CC(c2cc3ccccc3c3ccccc23)=NC(c2ccc(-c3cnc4c(c3)C=CCC4)cc2)=N1)c1cc2ccccc2c2ccccc12. The molecule has 58 heavy (non-hydrogen) atoms. The molecular formula is C55H47N3. The highest BCUT2D eigenvalue weighted by Gasteiger charge is 2.23. The first-order valence-electron chi connectivity index (χ1n) is 21.1. The number of fused-ring (bicyclic) bond motifs is 7. The van der Waals surface area contributed by atoms with Gasteiger partial charge in [0.1, 0.15) is 0 Å². The van der Waals surface area contributed by atoms with Crippen LogP contribution in [0.25, 0.3) is 60.3 Å². The summed E-state index contributed by atoms with van der Waals surface area (Å²) in [5, 5.41) is 10.3. The fourth-order valence-corrected chi connectivity index (χ4v) is 9.21. The Labute approximate surface area is 341 Å². The highest BCUT2D eigenvalue weighted by Crippen LogP contribution is 2.37. The molecule has 0 bridgehead atoms. The number of nitrogens with zero attached hydrogens (tertiary/aromatic N) is 3. The molecule has 0 spiro atoms.